The van der Waals surface area contributed by atoms with Crippen molar-refractivity contribution in [3.63, 3.8) is 0 Å². The van der Waals surface area contributed by atoms with Gasteiger partial charge < -0.3 is 14.9 Å². The van der Waals surface area contributed by atoms with Crippen LogP contribution in [0, 0.1) is 17.2 Å². The number of para-hydroxylation sites is 1. The predicted molar refractivity (Wildman–Crippen MR) is 134 cm³/mol. The van der Waals surface area contributed by atoms with Crippen molar-refractivity contribution in [2.45, 2.75) is 46.1 Å². The monoisotopic (exact) mass is 483 g/mol. The van der Waals surface area contributed by atoms with Gasteiger partial charge in [-0.05, 0) is 62.1 Å². The van der Waals surface area contributed by atoms with E-state index in [-0.39, 0.29) is 62.1 Å². The molecular formula is C27H34FN3O4. The van der Waals surface area contributed by atoms with Crippen LogP contribution >= 0.6 is 0 Å². The van der Waals surface area contributed by atoms with Crippen LogP contribution in [0.25, 0.3) is 0 Å². The number of benzene rings is 2. The van der Waals surface area contributed by atoms with E-state index < -0.39 is 11.4 Å². The van der Waals surface area contributed by atoms with Crippen LogP contribution < -0.4 is 9.80 Å². The summed E-state index contributed by atoms with van der Waals surface area (Å²) in [7, 11) is 1.60. The van der Waals surface area contributed by atoms with E-state index in [2.05, 4.69) is 0 Å². The topological polar surface area (TPSA) is 81.2 Å². The largest absolute Gasteiger partial charge is 0.481 e. The first kappa shape index (κ1) is 26.2. The molecule has 35 heavy (non-hydrogen) atoms. The number of carbonyl (C=O) groups excluding carboxylic acids is 2. The van der Waals surface area contributed by atoms with Crippen molar-refractivity contribution in [3.8, 4) is 0 Å². The first-order valence-electron chi connectivity index (χ1n) is 11.9. The fourth-order valence-electron chi connectivity index (χ4n) is 4.45. The minimum absolute atomic E-state index is 0.109. The Bertz CT molecular complexity index is 1030. The molecule has 188 valence electrons. The van der Waals surface area contributed by atoms with E-state index in [1.54, 1.807) is 16.8 Å². The Labute approximate surface area is 206 Å². The summed E-state index contributed by atoms with van der Waals surface area (Å²) in [6, 6.07) is 14.5. The molecule has 7 nitrogen and oxygen atoms in total. The minimum atomic E-state index is -1.24. The maximum Gasteiger partial charge on any atom is 0.324 e. The normalized spacial score (nSPS) is 16.0. The molecule has 8 heteroatoms. The first-order valence-corrected chi connectivity index (χ1v) is 11.9. The third kappa shape index (κ3) is 5.81. The van der Waals surface area contributed by atoms with E-state index in [4.69, 9.17) is 0 Å². The SMILES string of the molecule is CC(C)[C@@H](C)N(C(=O)CC1(C(=O)O)CCN(C(=O)N(C)c2ccc(F)cc2)CC1)c1ccccc1. The Balaban J connectivity index is 1.74. The Morgan fingerprint density at radius 3 is 2.06 bits per heavy atom. The molecule has 1 aliphatic rings. The third-order valence-corrected chi connectivity index (χ3v) is 7.11. The van der Waals surface area contributed by atoms with Crippen LogP contribution in [-0.2, 0) is 9.59 Å². The predicted octanol–water partition coefficient (Wildman–Crippen LogP) is 5.02. The Morgan fingerprint density at radius 1 is 0.971 bits per heavy atom. The number of piperidine rings is 1. The number of carboxylic acid groups (broad SMARTS) is 1. The Kier molecular flexibility index (Phi) is 8.14. The molecule has 2 aromatic carbocycles. The zero-order valence-corrected chi connectivity index (χ0v) is 20.8. The molecule has 0 spiro atoms. The van der Waals surface area contributed by atoms with Crippen LogP contribution in [0.1, 0.15) is 40.0 Å². The van der Waals surface area contributed by atoms with E-state index in [1.165, 1.54) is 29.2 Å². The standard InChI is InChI=1S/C27H34FN3O4/c1-19(2)20(3)31(23-8-6-5-7-9-23)24(32)18-27(25(33)34)14-16-30(17-15-27)26(35)29(4)22-12-10-21(28)11-13-22/h5-13,19-20H,14-18H2,1-4H3,(H,33,34)/t20-/m1/s1. The number of nitrogens with zero attached hydrogens (tertiary/aromatic N) is 3. The highest BCUT2D eigenvalue weighted by Crippen LogP contribution is 2.38. The van der Waals surface area contributed by atoms with Gasteiger partial charge in [0.1, 0.15) is 5.82 Å². The maximum atomic E-state index is 13.5. The van der Waals surface area contributed by atoms with E-state index in [0.29, 0.717) is 5.69 Å². The molecule has 1 saturated heterocycles. The van der Waals surface area contributed by atoms with E-state index in [9.17, 15) is 23.9 Å². The summed E-state index contributed by atoms with van der Waals surface area (Å²) in [4.78, 5) is 43.6. The van der Waals surface area contributed by atoms with Gasteiger partial charge in [0.15, 0.2) is 0 Å². The number of urea groups is 1. The van der Waals surface area contributed by atoms with Gasteiger partial charge in [-0.3, -0.25) is 14.5 Å². The zero-order chi connectivity index (χ0) is 25.8. The summed E-state index contributed by atoms with van der Waals surface area (Å²) in [6.07, 6.45) is 0.218. The lowest BCUT2D eigenvalue weighted by molar-refractivity contribution is -0.154. The van der Waals surface area contributed by atoms with Gasteiger partial charge in [0.2, 0.25) is 5.91 Å². The number of hydrogen-bond donors (Lipinski definition) is 1. The van der Waals surface area contributed by atoms with Crippen molar-refractivity contribution in [3.05, 3.63) is 60.4 Å². The highest BCUT2D eigenvalue weighted by molar-refractivity contribution is 5.97. The second-order valence-corrected chi connectivity index (χ2v) is 9.65. The van der Waals surface area contributed by atoms with Crippen molar-refractivity contribution in [2.75, 3.05) is 29.9 Å². The van der Waals surface area contributed by atoms with Crippen LogP contribution in [0.4, 0.5) is 20.6 Å². The number of anilines is 2. The second kappa shape index (κ2) is 10.9. The summed E-state index contributed by atoms with van der Waals surface area (Å²) in [5, 5.41) is 10.2. The number of carboxylic acids is 1. The summed E-state index contributed by atoms with van der Waals surface area (Å²) in [5.74, 6) is -1.46. The van der Waals surface area contributed by atoms with Crippen LogP contribution in [0.3, 0.4) is 0 Å². The fraction of sp³-hybridized carbons (Fsp3) is 0.444. The smallest absolute Gasteiger partial charge is 0.324 e. The third-order valence-electron chi connectivity index (χ3n) is 7.11. The van der Waals surface area contributed by atoms with Gasteiger partial charge in [0, 0.05) is 44.0 Å². The van der Waals surface area contributed by atoms with E-state index in [1.807, 2.05) is 51.1 Å². The zero-order valence-electron chi connectivity index (χ0n) is 20.8. The highest BCUT2D eigenvalue weighted by atomic mass is 19.1. The van der Waals surface area contributed by atoms with Crippen molar-refractivity contribution >= 4 is 29.3 Å². The molecule has 0 radical (unpaired) electrons. The Hall–Kier alpha value is -3.42. The molecule has 0 unspecified atom stereocenters. The van der Waals surface area contributed by atoms with E-state index >= 15 is 0 Å². The van der Waals surface area contributed by atoms with Crippen LogP contribution in [0.2, 0.25) is 0 Å². The molecule has 0 bridgehead atoms. The Morgan fingerprint density at radius 2 is 1.54 bits per heavy atom. The molecule has 0 aliphatic carbocycles. The molecule has 1 aliphatic heterocycles. The number of amides is 3. The van der Waals surface area contributed by atoms with Crippen LogP contribution in [-0.4, -0.2) is 54.1 Å². The van der Waals surface area contributed by atoms with Crippen LogP contribution in [0.5, 0.6) is 0 Å². The number of hydrogen-bond acceptors (Lipinski definition) is 3. The summed E-state index contributed by atoms with van der Waals surface area (Å²) in [5.41, 5.74) is 0.0436. The second-order valence-electron chi connectivity index (χ2n) is 9.65. The molecule has 2 aromatic rings. The van der Waals surface area contributed by atoms with Gasteiger partial charge in [-0.2, -0.15) is 0 Å². The molecular weight excluding hydrogens is 449 g/mol. The van der Waals surface area contributed by atoms with Gasteiger partial charge in [-0.25, -0.2) is 9.18 Å². The highest BCUT2D eigenvalue weighted by Gasteiger charge is 2.45. The number of likely N-dealkylation sites (tertiary alicyclic amines) is 1. The summed E-state index contributed by atoms with van der Waals surface area (Å²) in [6.45, 7) is 6.46. The van der Waals surface area contributed by atoms with Gasteiger partial charge in [-0.1, -0.05) is 32.0 Å². The summed E-state index contributed by atoms with van der Waals surface area (Å²) >= 11 is 0. The average Bonchev–Trinajstić information content (AvgIpc) is 2.84. The summed E-state index contributed by atoms with van der Waals surface area (Å²) < 4.78 is 13.2. The number of rotatable bonds is 7. The number of carbonyl (C=O) groups is 3. The molecule has 1 heterocycles. The molecule has 0 aromatic heterocycles. The molecule has 1 atom stereocenters. The van der Waals surface area contributed by atoms with Gasteiger partial charge in [0.05, 0.1) is 5.41 Å². The van der Waals surface area contributed by atoms with E-state index in [0.717, 1.165) is 5.69 Å². The molecule has 1 N–H and O–H groups in total. The molecule has 0 saturated carbocycles. The van der Waals surface area contributed by atoms with Crippen molar-refractivity contribution in [2.24, 2.45) is 11.3 Å². The lowest BCUT2D eigenvalue weighted by atomic mass is 9.75. The first-order chi connectivity index (χ1) is 16.6. The molecule has 1 fully saturated rings. The maximum absolute atomic E-state index is 13.5. The molecule has 3 amide bonds. The van der Waals surface area contributed by atoms with Gasteiger partial charge in [-0.15, -0.1) is 0 Å². The lowest BCUT2D eigenvalue weighted by Crippen LogP contribution is -2.52. The van der Waals surface area contributed by atoms with Gasteiger partial charge in [0.25, 0.3) is 0 Å². The lowest BCUT2D eigenvalue weighted by Gasteiger charge is -2.41. The van der Waals surface area contributed by atoms with Crippen LogP contribution in [0.15, 0.2) is 54.6 Å². The quantitative estimate of drug-likeness (QED) is 0.600. The minimum Gasteiger partial charge on any atom is -0.481 e. The van der Waals surface area contributed by atoms with Crippen molar-refractivity contribution in [1.29, 1.82) is 0 Å². The average molecular weight is 484 g/mol. The molecule has 3 rings (SSSR count). The number of aliphatic carboxylic acids is 1. The van der Waals surface area contributed by atoms with Gasteiger partial charge >= 0.3 is 12.0 Å². The number of halogens is 1. The fourth-order valence-corrected chi connectivity index (χ4v) is 4.45. The van der Waals surface area contributed by atoms with Crippen molar-refractivity contribution in [1.82, 2.24) is 4.90 Å². The van der Waals surface area contributed by atoms with Crippen molar-refractivity contribution < 1.29 is 23.9 Å².